The summed E-state index contributed by atoms with van der Waals surface area (Å²) in [6.07, 6.45) is 3.78. The molecule has 0 aliphatic carbocycles. The summed E-state index contributed by atoms with van der Waals surface area (Å²) in [6.45, 7) is -0.00142. The minimum atomic E-state index is -0.394. The van der Waals surface area contributed by atoms with E-state index in [1.54, 1.807) is 0 Å². The second-order valence-electron chi connectivity index (χ2n) is 4.40. The van der Waals surface area contributed by atoms with Crippen LogP contribution in [0.5, 0.6) is 5.75 Å². The number of nitrogens with zero attached hydrogens (tertiary/aromatic N) is 2. The highest BCUT2D eigenvalue weighted by Crippen LogP contribution is 2.21. The van der Waals surface area contributed by atoms with Crippen molar-refractivity contribution in [3.63, 3.8) is 0 Å². The molecule has 0 radical (unpaired) electrons. The van der Waals surface area contributed by atoms with Gasteiger partial charge in [-0.05, 0) is 30.3 Å². The monoisotopic (exact) mass is 272 g/mol. The zero-order valence-electron chi connectivity index (χ0n) is 10.7. The topological polar surface area (TPSA) is 46.8 Å². The maximum atomic E-state index is 13.1. The number of rotatable bonds is 4. The molecule has 3 aromatic rings. The Balaban J connectivity index is 1.79. The Kier molecular flexibility index (Phi) is 3.35. The summed E-state index contributed by atoms with van der Waals surface area (Å²) in [7, 11) is 0. The van der Waals surface area contributed by atoms with Crippen molar-refractivity contribution in [3.05, 3.63) is 65.9 Å². The second kappa shape index (κ2) is 5.30. The molecule has 0 spiro atoms. The third-order valence-electron chi connectivity index (χ3n) is 2.98. The van der Waals surface area contributed by atoms with E-state index in [9.17, 15) is 9.50 Å². The van der Waals surface area contributed by atoms with Gasteiger partial charge in [-0.1, -0.05) is 6.07 Å². The van der Waals surface area contributed by atoms with E-state index in [4.69, 9.17) is 4.74 Å². The summed E-state index contributed by atoms with van der Waals surface area (Å²) in [5, 5.41) is 9.19. The minimum Gasteiger partial charge on any atom is -0.487 e. The van der Waals surface area contributed by atoms with Gasteiger partial charge < -0.3 is 14.2 Å². The van der Waals surface area contributed by atoms with Crippen molar-refractivity contribution in [2.24, 2.45) is 0 Å². The summed E-state index contributed by atoms with van der Waals surface area (Å²) in [5.74, 6) is 0.0695. The zero-order chi connectivity index (χ0) is 13.9. The van der Waals surface area contributed by atoms with Crippen molar-refractivity contribution in [1.29, 1.82) is 0 Å². The van der Waals surface area contributed by atoms with E-state index in [1.165, 1.54) is 18.2 Å². The van der Waals surface area contributed by atoms with E-state index >= 15 is 0 Å². The van der Waals surface area contributed by atoms with E-state index in [0.717, 1.165) is 11.3 Å². The summed E-state index contributed by atoms with van der Waals surface area (Å²) < 4.78 is 20.5. The van der Waals surface area contributed by atoms with Crippen molar-refractivity contribution in [3.8, 4) is 5.75 Å². The fraction of sp³-hybridized carbons (Fsp3) is 0.133. The molecule has 4 nitrogen and oxygen atoms in total. The summed E-state index contributed by atoms with van der Waals surface area (Å²) in [4.78, 5) is 4.40. The number of fused-ring (bicyclic) bond motifs is 1. The first kappa shape index (κ1) is 12.6. The lowest BCUT2D eigenvalue weighted by atomic mass is 10.2. The normalized spacial score (nSPS) is 10.9. The van der Waals surface area contributed by atoms with Crippen LogP contribution >= 0.6 is 0 Å². The Morgan fingerprint density at radius 1 is 1.25 bits per heavy atom. The van der Waals surface area contributed by atoms with Gasteiger partial charge in [0.2, 0.25) is 0 Å². The van der Waals surface area contributed by atoms with Gasteiger partial charge in [0.15, 0.2) is 0 Å². The van der Waals surface area contributed by atoms with Crippen molar-refractivity contribution < 1.29 is 14.2 Å². The van der Waals surface area contributed by atoms with Crippen LogP contribution in [0.3, 0.4) is 0 Å². The van der Waals surface area contributed by atoms with E-state index in [0.29, 0.717) is 11.3 Å². The predicted molar refractivity (Wildman–Crippen MR) is 71.8 cm³/mol. The molecule has 0 atom stereocenters. The average Bonchev–Trinajstić information content (AvgIpc) is 2.88. The molecule has 2 aromatic heterocycles. The van der Waals surface area contributed by atoms with Crippen LogP contribution in [0.4, 0.5) is 4.39 Å². The first-order valence-electron chi connectivity index (χ1n) is 6.21. The van der Waals surface area contributed by atoms with Crippen LogP contribution in [0.2, 0.25) is 0 Å². The van der Waals surface area contributed by atoms with E-state index in [2.05, 4.69) is 4.98 Å². The number of hydrogen-bond acceptors (Lipinski definition) is 3. The van der Waals surface area contributed by atoms with Gasteiger partial charge in [-0.3, -0.25) is 0 Å². The highest BCUT2D eigenvalue weighted by molar-refractivity contribution is 5.39. The number of pyridine rings is 1. The third-order valence-corrected chi connectivity index (χ3v) is 2.98. The maximum absolute atomic E-state index is 13.1. The quantitative estimate of drug-likeness (QED) is 0.794. The number of halogens is 1. The molecule has 0 aliphatic heterocycles. The molecule has 0 saturated carbocycles. The maximum Gasteiger partial charge on any atom is 0.137 e. The highest BCUT2D eigenvalue weighted by Gasteiger charge is 2.07. The van der Waals surface area contributed by atoms with Gasteiger partial charge in [-0.2, -0.15) is 0 Å². The third kappa shape index (κ3) is 2.48. The van der Waals surface area contributed by atoms with Crippen LogP contribution in [0, 0.1) is 5.82 Å². The highest BCUT2D eigenvalue weighted by atomic mass is 19.1. The van der Waals surface area contributed by atoms with E-state index in [-0.39, 0.29) is 13.2 Å². The van der Waals surface area contributed by atoms with Gasteiger partial charge >= 0.3 is 0 Å². The molecule has 1 N–H and O–H groups in total. The molecule has 20 heavy (non-hydrogen) atoms. The molecule has 3 rings (SSSR count). The lowest BCUT2D eigenvalue weighted by Gasteiger charge is -2.08. The Hall–Kier alpha value is -2.40. The van der Waals surface area contributed by atoms with Gasteiger partial charge in [0.1, 0.15) is 23.8 Å². The number of imidazole rings is 1. The average molecular weight is 272 g/mol. The van der Waals surface area contributed by atoms with Gasteiger partial charge in [-0.25, -0.2) is 9.37 Å². The van der Waals surface area contributed by atoms with Gasteiger partial charge in [-0.15, -0.1) is 0 Å². The first-order valence-corrected chi connectivity index (χ1v) is 6.21. The van der Waals surface area contributed by atoms with Gasteiger partial charge in [0, 0.05) is 18.0 Å². The predicted octanol–water partition coefficient (Wildman–Crippen LogP) is 2.54. The fourth-order valence-electron chi connectivity index (χ4n) is 2.02. The van der Waals surface area contributed by atoms with Crippen LogP contribution in [0.25, 0.3) is 5.65 Å². The number of aromatic nitrogens is 2. The van der Waals surface area contributed by atoms with Crippen molar-refractivity contribution in [1.82, 2.24) is 9.38 Å². The lowest BCUT2D eigenvalue weighted by molar-refractivity contribution is 0.257. The van der Waals surface area contributed by atoms with Crippen LogP contribution in [-0.4, -0.2) is 14.5 Å². The first-order chi connectivity index (χ1) is 9.76. The summed E-state index contributed by atoms with van der Waals surface area (Å²) in [6, 6.07) is 9.81. The molecule has 0 aliphatic rings. The Morgan fingerprint density at radius 3 is 2.95 bits per heavy atom. The smallest absolute Gasteiger partial charge is 0.137 e. The molecule has 5 heteroatoms. The van der Waals surface area contributed by atoms with Gasteiger partial charge in [0.25, 0.3) is 0 Å². The minimum absolute atomic E-state index is 0.264. The molecule has 102 valence electrons. The van der Waals surface area contributed by atoms with Crippen LogP contribution in [-0.2, 0) is 13.2 Å². The number of benzene rings is 1. The summed E-state index contributed by atoms with van der Waals surface area (Å²) in [5.41, 5.74) is 2.03. The van der Waals surface area contributed by atoms with Crippen molar-refractivity contribution in [2.45, 2.75) is 13.2 Å². The number of aliphatic hydroxyl groups is 1. The number of ether oxygens (including phenoxy) is 1. The molecular formula is C15H13FN2O2. The molecule has 0 fully saturated rings. The molecule has 2 heterocycles. The van der Waals surface area contributed by atoms with Crippen LogP contribution in [0.15, 0.2) is 48.8 Å². The van der Waals surface area contributed by atoms with Crippen LogP contribution in [0.1, 0.15) is 11.3 Å². The van der Waals surface area contributed by atoms with Gasteiger partial charge in [0.05, 0.1) is 12.3 Å². The van der Waals surface area contributed by atoms with Crippen molar-refractivity contribution in [2.75, 3.05) is 0 Å². The molecule has 1 aromatic carbocycles. The molecule has 0 amide bonds. The lowest BCUT2D eigenvalue weighted by Crippen LogP contribution is -1.99. The number of aliphatic hydroxyl groups excluding tert-OH is 1. The SMILES string of the molecule is OCc1cc(F)ccc1OCc1cn2ccccc2n1. The Labute approximate surface area is 115 Å². The molecule has 0 bridgehead atoms. The largest absolute Gasteiger partial charge is 0.487 e. The Bertz CT molecular complexity index is 707. The zero-order valence-corrected chi connectivity index (χ0v) is 10.7. The van der Waals surface area contributed by atoms with E-state index < -0.39 is 5.82 Å². The fourth-order valence-corrected chi connectivity index (χ4v) is 2.02. The van der Waals surface area contributed by atoms with Crippen molar-refractivity contribution >= 4 is 5.65 Å². The second-order valence-corrected chi connectivity index (χ2v) is 4.40. The molecule has 0 saturated heterocycles. The van der Waals surface area contributed by atoms with E-state index in [1.807, 2.05) is 35.0 Å². The molecular weight excluding hydrogens is 259 g/mol. The summed E-state index contributed by atoms with van der Waals surface area (Å²) >= 11 is 0. The van der Waals surface area contributed by atoms with Crippen LogP contribution < -0.4 is 4.74 Å². The molecule has 0 unspecified atom stereocenters. The standard InChI is InChI=1S/C15H13FN2O2/c16-12-4-5-14(11(7-12)9-19)20-10-13-8-18-6-2-1-3-15(18)17-13/h1-8,19H,9-10H2. The Morgan fingerprint density at radius 2 is 2.15 bits per heavy atom. The number of hydrogen-bond donors (Lipinski definition) is 1.